The second-order valence-electron chi connectivity index (χ2n) is 7.59. The molecular weight excluding hydrogens is 426 g/mol. The predicted octanol–water partition coefficient (Wildman–Crippen LogP) is 4.55. The highest BCUT2D eigenvalue weighted by Crippen LogP contribution is 2.51. The number of ether oxygens (including phenoxy) is 2. The maximum Gasteiger partial charge on any atom is 0.283 e. The molecule has 2 aromatic heterocycles. The second kappa shape index (κ2) is 7.03. The topological polar surface area (TPSA) is 95.5 Å². The van der Waals surface area contributed by atoms with Gasteiger partial charge in [0, 0.05) is 34.7 Å². The molecule has 2 aliphatic heterocycles. The fourth-order valence-corrected chi connectivity index (χ4v) is 4.35. The lowest BCUT2D eigenvalue weighted by atomic mass is 9.81. The second-order valence-corrected chi connectivity index (χ2v) is 8.03. The Hall–Kier alpha value is -3.97. The van der Waals surface area contributed by atoms with Gasteiger partial charge in [0.15, 0.2) is 5.54 Å². The lowest BCUT2D eigenvalue weighted by Crippen LogP contribution is -2.31. The van der Waals surface area contributed by atoms with Gasteiger partial charge in [-0.15, -0.1) is 0 Å². The molecule has 2 aliphatic rings. The van der Waals surface area contributed by atoms with Gasteiger partial charge in [-0.25, -0.2) is 9.98 Å². The van der Waals surface area contributed by atoms with Crippen LogP contribution >= 0.6 is 11.6 Å². The zero-order valence-corrected chi connectivity index (χ0v) is 17.5. The lowest BCUT2D eigenvalue weighted by Gasteiger charge is -2.33. The number of amidine groups is 1. The summed E-state index contributed by atoms with van der Waals surface area (Å²) in [6, 6.07) is 15.7. The highest BCUT2D eigenvalue weighted by molar-refractivity contribution is 6.30. The van der Waals surface area contributed by atoms with Crippen LogP contribution in [0.5, 0.6) is 11.6 Å². The van der Waals surface area contributed by atoms with Crippen LogP contribution in [0.3, 0.4) is 0 Å². The van der Waals surface area contributed by atoms with Crippen LogP contribution in [0.15, 0.2) is 78.3 Å². The summed E-state index contributed by atoms with van der Waals surface area (Å²) in [5.74, 6) is 1.12. The molecule has 32 heavy (non-hydrogen) atoms. The van der Waals surface area contributed by atoms with Crippen LogP contribution in [0.2, 0.25) is 5.02 Å². The molecule has 0 unspecified atom stereocenters. The number of rotatable bonds is 2. The molecule has 1 spiro atoms. The van der Waals surface area contributed by atoms with Crippen LogP contribution in [0.1, 0.15) is 11.1 Å². The summed E-state index contributed by atoms with van der Waals surface area (Å²) in [4.78, 5) is 17.8. The molecule has 6 rings (SSSR count). The molecule has 0 bridgehead atoms. The van der Waals surface area contributed by atoms with Crippen molar-refractivity contribution in [3.05, 3.63) is 89.5 Å². The van der Waals surface area contributed by atoms with E-state index in [9.17, 15) is 0 Å². The third kappa shape index (κ3) is 2.90. The Balaban J connectivity index is 1.55. The lowest BCUT2D eigenvalue weighted by molar-refractivity contribution is 0.262. The van der Waals surface area contributed by atoms with E-state index in [0.29, 0.717) is 22.3 Å². The number of pyridine rings is 1. The number of nitrogens with zero attached hydrogens (tertiary/aromatic N) is 4. The van der Waals surface area contributed by atoms with Crippen LogP contribution in [0, 0.1) is 0 Å². The normalized spacial score (nSPS) is 18.3. The summed E-state index contributed by atoms with van der Waals surface area (Å²) >= 11 is 6.22. The minimum atomic E-state index is -0.882. The number of aliphatic imine (C=N–C) groups is 1. The standard InChI is InChI=1S/C24H16ClN5O2/c25-17-3-1-2-14(8-17)15-4-5-21-18(9-15)24(13-31-23(26)30-24)19-10-16(11-29-22(19)32-21)20-12-27-6-7-28-20/h1-12H,13H2,(H2,26,30)/t24-/m0/s1. The maximum atomic E-state index is 6.22. The molecule has 1 atom stereocenters. The average Bonchev–Trinajstić information content (AvgIpc) is 3.22. The van der Waals surface area contributed by atoms with Crippen molar-refractivity contribution in [1.29, 1.82) is 0 Å². The highest BCUT2D eigenvalue weighted by Gasteiger charge is 2.48. The maximum absolute atomic E-state index is 6.22. The number of halogens is 1. The highest BCUT2D eigenvalue weighted by atomic mass is 35.5. The van der Waals surface area contributed by atoms with Crippen molar-refractivity contribution in [3.8, 4) is 34.0 Å². The van der Waals surface area contributed by atoms with Gasteiger partial charge in [-0.05, 0) is 41.5 Å². The fourth-order valence-electron chi connectivity index (χ4n) is 4.16. The van der Waals surface area contributed by atoms with Crippen LogP contribution in [0.4, 0.5) is 0 Å². The molecule has 2 aromatic carbocycles. The van der Waals surface area contributed by atoms with Crippen molar-refractivity contribution in [2.45, 2.75) is 5.54 Å². The Morgan fingerprint density at radius 1 is 0.906 bits per heavy atom. The molecule has 0 radical (unpaired) electrons. The monoisotopic (exact) mass is 441 g/mol. The number of nitrogens with two attached hydrogens (primary N) is 1. The van der Waals surface area contributed by atoms with Crippen LogP contribution in [-0.4, -0.2) is 27.6 Å². The first-order valence-corrected chi connectivity index (χ1v) is 10.3. The molecule has 0 amide bonds. The number of fused-ring (bicyclic) bond motifs is 4. The average molecular weight is 442 g/mol. The van der Waals surface area contributed by atoms with E-state index >= 15 is 0 Å². The van der Waals surface area contributed by atoms with Crippen molar-refractivity contribution >= 4 is 17.6 Å². The zero-order chi connectivity index (χ0) is 21.7. The molecule has 0 saturated carbocycles. The molecule has 4 heterocycles. The molecule has 0 fully saturated rings. The molecule has 0 aliphatic carbocycles. The van der Waals surface area contributed by atoms with Gasteiger partial charge < -0.3 is 15.2 Å². The largest absolute Gasteiger partial charge is 0.462 e. The summed E-state index contributed by atoms with van der Waals surface area (Å²) in [7, 11) is 0. The summed E-state index contributed by atoms with van der Waals surface area (Å²) in [6.07, 6.45) is 6.67. The third-order valence-corrected chi connectivity index (χ3v) is 5.91. The summed E-state index contributed by atoms with van der Waals surface area (Å²) in [5, 5.41) is 0.667. The van der Waals surface area contributed by atoms with Crippen molar-refractivity contribution in [3.63, 3.8) is 0 Å². The van der Waals surface area contributed by atoms with Crippen molar-refractivity contribution in [1.82, 2.24) is 15.0 Å². The van der Waals surface area contributed by atoms with E-state index in [1.165, 1.54) is 0 Å². The van der Waals surface area contributed by atoms with Gasteiger partial charge in [0.2, 0.25) is 5.88 Å². The SMILES string of the molecule is NC1=N[C@@]2(CO1)c1cc(-c3cccc(Cl)c3)ccc1Oc1ncc(-c3cnccn3)cc12. The Kier molecular flexibility index (Phi) is 4.13. The smallest absolute Gasteiger partial charge is 0.283 e. The number of hydrogen-bond donors (Lipinski definition) is 1. The third-order valence-electron chi connectivity index (χ3n) is 5.68. The van der Waals surface area contributed by atoms with Gasteiger partial charge in [0.05, 0.1) is 17.5 Å². The van der Waals surface area contributed by atoms with Gasteiger partial charge in [0.1, 0.15) is 12.4 Å². The molecule has 7 nitrogen and oxygen atoms in total. The van der Waals surface area contributed by atoms with Crippen molar-refractivity contribution < 1.29 is 9.47 Å². The first-order valence-electron chi connectivity index (χ1n) is 9.96. The van der Waals surface area contributed by atoms with E-state index in [1.807, 2.05) is 48.5 Å². The Morgan fingerprint density at radius 2 is 1.78 bits per heavy atom. The molecule has 8 heteroatoms. The van der Waals surface area contributed by atoms with E-state index in [1.54, 1.807) is 24.8 Å². The van der Waals surface area contributed by atoms with E-state index in [4.69, 9.17) is 31.8 Å². The van der Waals surface area contributed by atoms with Gasteiger partial charge in [-0.1, -0.05) is 29.8 Å². The summed E-state index contributed by atoms with van der Waals surface area (Å²) < 4.78 is 11.8. The summed E-state index contributed by atoms with van der Waals surface area (Å²) in [6.45, 7) is 0.243. The van der Waals surface area contributed by atoms with Crippen LogP contribution in [-0.2, 0) is 10.3 Å². The van der Waals surface area contributed by atoms with Gasteiger partial charge in [0.25, 0.3) is 6.02 Å². The minimum Gasteiger partial charge on any atom is -0.462 e. The Labute approximate surface area is 188 Å². The van der Waals surface area contributed by atoms with E-state index < -0.39 is 5.54 Å². The number of aromatic nitrogens is 3. The molecule has 2 N–H and O–H groups in total. The molecule has 4 aromatic rings. The Morgan fingerprint density at radius 3 is 2.56 bits per heavy atom. The van der Waals surface area contributed by atoms with Crippen LogP contribution < -0.4 is 10.5 Å². The fraction of sp³-hybridized carbons (Fsp3) is 0.0833. The van der Waals surface area contributed by atoms with Crippen molar-refractivity contribution in [2.24, 2.45) is 10.7 Å². The summed E-state index contributed by atoms with van der Waals surface area (Å²) in [5.41, 5.74) is 10.2. The van der Waals surface area contributed by atoms with E-state index in [0.717, 1.165) is 27.8 Å². The van der Waals surface area contributed by atoms with Gasteiger partial charge >= 0.3 is 0 Å². The Bertz CT molecular complexity index is 1390. The van der Waals surface area contributed by atoms with E-state index in [2.05, 4.69) is 15.0 Å². The van der Waals surface area contributed by atoms with Gasteiger partial charge in [-0.2, -0.15) is 0 Å². The number of benzene rings is 2. The van der Waals surface area contributed by atoms with Gasteiger partial charge in [-0.3, -0.25) is 9.97 Å². The van der Waals surface area contributed by atoms with Crippen molar-refractivity contribution in [2.75, 3.05) is 6.61 Å². The molecule has 0 saturated heterocycles. The zero-order valence-electron chi connectivity index (χ0n) is 16.7. The first kappa shape index (κ1) is 18.8. The van der Waals surface area contributed by atoms with Crippen LogP contribution in [0.25, 0.3) is 22.4 Å². The minimum absolute atomic E-state index is 0.127. The number of hydrogen-bond acceptors (Lipinski definition) is 7. The van der Waals surface area contributed by atoms with E-state index in [-0.39, 0.29) is 12.6 Å². The predicted molar refractivity (Wildman–Crippen MR) is 121 cm³/mol. The molecule has 156 valence electrons. The quantitative estimate of drug-likeness (QED) is 0.490. The molecular formula is C24H16ClN5O2. The first-order chi connectivity index (χ1) is 15.6.